The van der Waals surface area contributed by atoms with Crippen molar-refractivity contribution in [1.29, 1.82) is 0 Å². The van der Waals surface area contributed by atoms with Gasteiger partial charge in [0.1, 0.15) is 4.21 Å². The standard InChI is InChI=1S/C12H12BrClN2O3S2/c1-7-5-10(19-15-7)9-3-2-4-16(9)21(17,18)11-6-8(14)12(13)20-11/h5-6,9H,2-4H2,1H3. The maximum absolute atomic E-state index is 12.8. The van der Waals surface area contributed by atoms with Gasteiger partial charge in [0.25, 0.3) is 10.0 Å². The molecule has 0 radical (unpaired) electrons. The topological polar surface area (TPSA) is 63.4 Å². The Morgan fingerprint density at radius 3 is 2.86 bits per heavy atom. The van der Waals surface area contributed by atoms with Gasteiger partial charge in [-0.25, -0.2) is 8.42 Å². The van der Waals surface area contributed by atoms with Crippen molar-refractivity contribution in [2.75, 3.05) is 6.54 Å². The molecule has 1 aliphatic rings. The van der Waals surface area contributed by atoms with Crippen LogP contribution in [0.3, 0.4) is 0 Å². The van der Waals surface area contributed by atoms with Gasteiger partial charge in [-0.05, 0) is 41.8 Å². The van der Waals surface area contributed by atoms with Crippen molar-refractivity contribution in [1.82, 2.24) is 9.46 Å². The molecule has 9 heteroatoms. The number of nitrogens with zero attached hydrogens (tertiary/aromatic N) is 2. The van der Waals surface area contributed by atoms with Crippen LogP contribution in [0.1, 0.15) is 30.3 Å². The second-order valence-corrected chi connectivity index (χ2v) is 9.73. The maximum atomic E-state index is 12.8. The Morgan fingerprint density at radius 2 is 2.29 bits per heavy atom. The third-order valence-corrected chi connectivity index (χ3v) is 8.20. The number of rotatable bonds is 3. The molecule has 114 valence electrons. The van der Waals surface area contributed by atoms with Gasteiger partial charge >= 0.3 is 0 Å². The molecule has 1 atom stereocenters. The summed E-state index contributed by atoms with van der Waals surface area (Å²) in [6.07, 6.45) is 1.53. The van der Waals surface area contributed by atoms with Gasteiger partial charge < -0.3 is 4.52 Å². The first-order valence-corrected chi connectivity index (χ1v) is 9.72. The molecule has 0 aromatic carbocycles. The molecule has 1 unspecified atom stereocenters. The monoisotopic (exact) mass is 410 g/mol. The van der Waals surface area contributed by atoms with Crippen LogP contribution in [0.15, 0.2) is 24.7 Å². The lowest BCUT2D eigenvalue weighted by Gasteiger charge is -2.21. The smallest absolute Gasteiger partial charge is 0.253 e. The van der Waals surface area contributed by atoms with E-state index in [1.807, 2.05) is 6.92 Å². The molecule has 21 heavy (non-hydrogen) atoms. The van der Waals surface area contributed by atoms with E-state index >= 15 is 0 Å². The van der Waals surface area contributed by atoms with Crippen molar-refractivity contribution in [3.63, 3.8) is 0 Å². The van der Waals surface area contributed by atoms with Gasteiger partial charge in [-0.3, -0.25) is 0 Å². The van der Waals surface area contributed by atoms with Crippen molar-refractivity contribution >= 4 is 48.9 Å². The summed E-state index contributed by atoms with van der Waals surface area (Å²) >= 11 is 10.3. The highest BCUT2D eigenvalue weighted by molar-refractivity contribution is 9.11. The quantitative estimate of drug-likeness (QED) is 0.766. The summed E-state index contributed by atoms with van der Waals surface area (Å²) in [5.74, 6) is 0.593. The molecular weight excluding hydrogens is 400 g/mol. The van der Waals surface area contributed by atoms with Crippen LogP contribution in [0.4, 0.5) is 0 Å². The van der Waals surface area contributed by atoms with E-state index in [4.69, 9.17) is 16.1 Å². The van der Waals surface area contributed by atoms with Crippen molar-refractivity contribution < 1.29 is 12.9 Å². The molecule has 3 rings (SSSR count). The first kappa shape index (κ1) is 15.5. The lowest BCUT2D eigenvalue weighted by molar-refractivity contribution is 0.297. The molecule has 0 amide bonds. The first-order chi connectivity index (χ1) is 9.89. The molecule has 0 saturated carbocycles. The second-order valence-electron chi connectivity index (χ2n) is 4.83. The van der Waals surface area contributed by atoms with E-state index in [-0.39, 0.29) is 10.3 Å². The summed E-state index contributed by atoms with van der Waals surface area (Å²) in [6.45, 7) is 2.29. The summed E-state index contributed by atoms with van der Waals surface area (Å²) < 4.78 is 33.2. The van der Waals surface area contributed by atoms with E-state index in [2.05, 4.69) is 21.1 Å². The van der Waals surface area contributed by atoms with Crippen LogP contribution in [0, 0.1) is 6.92 Å². The van der Waals surface area contributed by atoms with Gasteiger partial charge in [-0.15, -0.1) is 11.3 Å². The van der Waals surface area contributed by atoms with Crippen molar-refractivity contribution in [2.45, 2.75) is 30.0 Å². The number of hydrogen-bond donors (Lipinski definition) is 0. The lowest BCUT2D eigenvalue weighted by Crippen LogP contribution is -2.30. The molecule has 1 aliphatic heterocycles. The molecule has 1 saturated heterocycles. The van der Waals surface area contributed by atoms with Gasteiger partial charge in [0.05, 0.1) is 20.5 Å². The lowest BCUT2D eigenvalue weighted by atomic mass is 10.2. The zero-order valence-corrected chi connectivity index (χ0v) is 15.0. The van der Waals surface area contributed by atoms with Crippen LogP contribution >= 0.6 is 38.9 Å². The van der Waals surface area contributed by atoms with Crippen molar-refractivity contribution in [3.05, 3.63) is 32.4 Å². The molecule has 0 bridgehead atoms. The SMILES string of the molecule is Cc1cc(C2CCCN2S(=O)(=O)c2cc(Cl)c(Br)s2)on1. The van der Waals surface area contributed by atoms with Crippen LogP contribution in [-0.2, 0) is 10.0 Å². The fourth-order valence-electron chi connectivity index (χ4n) is 2.42. The van der Waals surface area contributed by atoms with E-state index < -0.39 is 10.0 Å². The molecule has 1 fully saturated rings. The first-order valence-electron chi connectivity index (χ1n) is 6.29. The second kappa shape index (κ2) is 5.66. The Bertz CT molecular complexity index is 752. The van der Waals surface area contributed by atoms with Gasteiger partial charge in [0.15, 0.2) is 5.76 Å². The Hall–Kier alpha value is -0.410. The van der Waals surface area contributed by atoms with E-state index in [9.17, 15) is 8.42 Å². The summed E-state index contributed by atoms with van der Waals surface area (Å²) in [6, 6.07) is 2.97. The van der Waals surface area contributed by atoms with E-state index in [0.29, 0.717) is 21.1 Å². The Kier molecular flexibility index (Phi) is 4.17. The Morgan fingerprint density at radius 1 is 1.52 bits per heavy atom. The largest absolute Gasteiger partial charge is 0.359 e. The average molecular weight is 412 g/mol. The highest BCUT2D eigenvalue weighted by Crippen LogP contribution is 2.41. The zero-order valence-electron chi connectivity index (χ0n) is 11.0. The van der Waals surface area contributed by atoms with E-state index in [1.165, 1.54) is 10.4 Å². The van der Waals surface area contributed by atoms with E-state index in [0.717, 1.165) is 29.9 Å². The van der Waals surface area contributed by atoms with Crippen LogP contribution in [-0.4, -0.2) is 24.4 Å². The number of aromatic nitrogens is 1. The predicted octanol–water partition coefficient (Wildman–Crippen LogP) is 3.99. The minimum absolute atomic E-state index is 0.238. The normalized spacial score (nSPS) is 20.2. The molecular formula is C12H12BrClN2O3S2. The molecule has 5 nitrogen and oxygen atoms in total. The molecule has 0 N–H and O–H groups in total. The van der Waals surface area contributed by atoms with Crippen LogP contribution in [0.25, 0.3) is 0 Å². The third kappa shape index (κ3) is 2.79. The minimum Gasteiger partial charge on any atom is -0.359 e. The highest BCUT2D eigenvalue weighted by Gasteiger charge is 2.39. The number of thiophene rings is 1. The third-order valence-electron chi connectivity index (χ3n) is 3.36. The van der Waals surface area contributed by atoms with Crippen molar-refractivity contribution in [2.24, 2.45) is 0 Å². The minimum atomic E-state index is -3.58. The Labute approximate surface area is 140 Å². The number of halogens is 2. The van der Waals surface area contributed by atoms with Gasteiger partial charge in [-0.2, -0.15) is 4.31 Å². The van der Waals surface area contributed by atoms with Gasteiger partial charge in [0, 0.05) is 12.6 Å². The van der Waals surface area contributed by atoms with Crippen LogP contribution in [0.2, 0.25) is 5.02 Å². The average Bonchev–Trinajstić information content (AvgIpc) is 3.10. The molecule has 0 spiro atoms. The Balaban J connectivity index is 1.97. The fraction of sp³-hybridized carbons (Fsp3) is 0.417. The summed E-state index contributed by atoms with van der Waals surface area (Å²) in [4.78, 5) is 0. The predicted molar refractivity (Wildman–Crippen MR) is 84.1 cm³/mol. The summed E-state index contributed by atoms with van der Waals surface area (Å²) in [7, 11) is -3.58. The van der Waals surface area contributed by atoms with Crippen LogP contribution < -0.4 is 0 Å². The molecule has 2 aromatic rings. The fourth-order valence-corrected chi connectivity index (χ4v) is 6.62. The molecule has 0 aliphatic carbocycles. The number of hydrogen-bond acceptors (Lipinski definition) is 5. The molecule has 3 heterocycles. The summed E-state index contributed by atoms with van der Waals surface area (Å²) in [5, 5.41) is 4.25. The zero-order chi connectivity index (χ0) is 15.2. The number of sulfonamides is 1. The van der Waals surface area contributed by atoms with Gasteiger partial charge in [0.2, 0.25) is 0 Å². The van der Waals surface area contributed by atoms with Crippen molar-refractivity contribution in [3.8, 4) is 0 Å². The maximum Gasteiger partial charge on any atom is 0.253 e. The highest BCUT2D eigenvalue weighted by atomic mass is 79.9. The summed E-state index contributed by atoms with van der Waals surface area (Å²) in [5.41, 5.74) is 0.746. The number of aryl methyl sites for hydroxylation is 1. The van der Waals surface area contributed by atoms with E-state index in [1.54, 1.807) is 6.07 Å². The van der Waals surface area contributed by atoms with Crippen LogP contribution in [0.5, 0.6) is 0 Å². The van der Waals surface area contributed by atoms with Gasteiger partial charge in [-0.1, -0.05) is 16.8 Å². The molecule has 2 aromatic heterocycles.